The molecule has 0 radical (unpaired) electrons. The fourth-order valence-corrected chi connectivity index (χ4v) is 2.30. The van der Waals surface area contributed by atoms with Gasteiger partial charge in [-0.2, -0.15) is 0 Å². The lowest BCUT2D eigenvalue weighted by Gasteiger charge is -2.22. The second-order valence-electron chi connectivity index (χ2n) is 5.24. The summed E-state index contributed by atoms with van der Waals surface area (Å²) < 4.78 is 2.08. The quantitative estimate of drug-likeness (QED) is 0.822. The van der Waals surface area contributed by atoms with E-state index in [4.69, 9.17) is 0 Å². The summed E-state index contributed by atoms with van der Waals surface area (Å²) in [5.41, 5.74) is -0.354. The molecule has 1 N–H and O–H groups in total. The lowest BCUT2D eigenvalue weighted by molar-refractivity contribution is 0.0704. The van der Waals surface area contributed by atoms with E-state index < -0.39 is 17.2 Å². The van der Waals surface area contributed by atoms with Crippen molar-refractivity contribution >= 4 is 5.91 Å². The Morgan fingerprint density at radius 1 is 1.17 bits per heavy atom. The minimum Gasteiger partial charge on any atom is -0.395 e. The zero-order valence-electron chi connectivity index (χ0n) is 13.1. The summed E-state index contributed by atoms with van der Waals surface area (Å²) in [4.78, 5) is 37.9. The number of aliphatic hydroxyl groups excluding tert-OH is 1. The predicted molar refractivity (Wildman–Crippen MR) is 85.2 cm³/mol. The summed E-state index contributed by atoms with van der Waals surface area (Å²) >= 11 is 0. The van der Waals surface area contributed by atoms with Crippen LogP contribution in [0.15, 0.2) is 46.1 Å². The van der Waals surface area contributed by atoms with Gasteiger partial charge in [0, 0.05) is 33.4 Å². The highest BCUT2D eigenvalue weighted by Gasteiger charge is 2.21. The van der Waals surface area contributed by atoms with Crippen LogP contribution in [0.2, 0.25) is 0 Å². The van der Waals surface area contributed by atoms with Gasteiger partial charge in [-0.3, -0.25) is 14.2 Å². The maximum absolute atomic E-state index is 12.7. The highest BCUT2D eigenvalue weighted by molar-refractivity contribution is 5.93. The van der Waals surface area contributed by atoms with Crippen molar-refractivity contribution in [3.05, 3.63) is 68.5 Å². The van der Waals surface area contributed by atoms with E-state index in [2.05, 4.69) is 0 Å². The Bertz CT molecular complexity index is 808. The Labute approximate surface area is 133 Å². The van der Waals surface area contributed by atoms with Gasteiger partial charge in [0.1, 0.15) is 5.56 Å². The van der Waals surface area contributed by atoms with E-state index in [1.54, 1.807) is 0 Å². The number of nitrogens with zero attached hydrogens (tertiary/aromatic N) is 3. The topological polar surface area (TPSA) is 84.5 Å². The number of hydrogen-bond donors (Lipinski definition) is 1. The Kier molecular flexibility index (Phi) is 5.13. The van der Waals surface area contributed by atoms with Gasteiger partial charge in [0.25, 0.3) is 11.5 Å². The Morgan fingerprint density at radius 3 is 2.43 bits per heavy atom. The molecule has 0 fully saturated rings. The van der Waals surface area contributed by atoms with Gasteiger partial charge < -0.3 is 14.6 Å². The van der Waals surface area contributed by atoms with Crippen molar-refractivity contribution in [3.8, 4) is 0 Å². The van der Waals surface area contributed by atoms with Gasteiger partial charge in [0.15, 0.2) is 0 Å². The third-order valence-electron chi connectivity index (χ3n) is 3.55. The minimum absolute atomic E-state index is 0.0969. The summed E-state index contributed by atoms with van der Waals surface area (Å²) in [6.07, 6.45) is 1.24. The largest absolute Gasteiger partial charge is 0.395 e. The summed E-state index contributed by atoms with van der Waals surface area (Å²) in [5, 5.41) is 9.20. The molecule has 2 rings (SSSR count). The molecule has 122 valence electrons. The first-order chi connectivity index (χ1) is 11.0. The van der Waals surface area contributed by atoms with Crippen LogP contribution in [0.1, 0.15) is 15.9 Å². The predicted octanol–water partition coefficient (Wildman–Crippen LogP) is -0.281. The third-order valence-corrected chi connectivity index (χ3v) is 3.55. The van der Waals surface area contributed by atoms with Crippen LogP contribution in [0, 0.1) is 0 Å². The molecule has 0 saturated carbocycles. The maximum Gasteiger partial charge on any atom is 0.330 e. The number of aryl methyl sites for hydroxylation is 1. The van der Waals surface area contributed by atoms with Gasteiger partial charge >= 0.3 is 5.69 Å². The zero-order valence-corrected chi connectivity index (χ0v) is 13.1. The molecule has 0 unspecified atom stereocenters. The second-order valence-corrected chi connectivity index (χ2v) is 5.24. The molecule has 0 aliphatic rings. The smallest absolute Gasteiger partial charge is 0.330 e. The number of carbonyl (C=O) groups excluding carboxylic acids is 1. The molecule has 0 spiro atoms. The van der Waals surface area contributed by atoms with Crippen LogP contribution in [-0.2, 0) is 20.6 Å². The molecular formula is C16H19N3O4. The molecule has 23 heavy (non-hydrogen) atoms. The van der Waals surface area contributed by atoms with Crippen molar-refractivity contribution in [1.82, 2.24) is 14.0 Å². The van der Waals surface area contributed by atoms with Crippen LogP contribution in [0.25, 0.3) is 0 Å². The number of benzene rings is 1. The van der Waals surface area contributed by atoms with E-state index in [1.165, 1.54) is 29.8 Å². The number of carbonyl (C=O) groups is 1. The molecule has 0 aliphatic carbocycles. The Hall–Kier alpha value is -2.67. The molecule has 0 aliphatic heterocycles. The van der Waals surface area contributed by atoms with Crippen LogP contribution in [0.4, 0.5) is 0 Å². The standard InChI is InChI=1S/C16H19N3O4/c1-17-11-13(14(21)18(2)16(17)23)15(22)19(8-9-20)10-12-6-4-3-5-7-12/h3-7,11,20H,8-10H2,1-2H3. The zero-order chi connectivity index (χ0) is 17.0. The first-order valence-corrected chi connectivity index (χ1v) is 7.16. The molecule has 0 atom stereocenters. The van der Waals surface area contributed by atoms with Crippen LogP contribution in [0.5, 0.6) is 0 Å². The van der Waals surface area contributed by atoms with E-state index in [-0.39, 0.29) is 25.3 Å². The summed E-state index contributed by atoms with van der Waals surface area (Å²) in [6, 6.07) is 9.28. The number of aromatic nitrogens is 2. The van der Waals surface area contributed by atoms with Gasteiger partial charge in [0.2, 0.25) is 0 Å². The van der Waals surface area contributed by atoms with Crippen LogP contribution in [0.3, 0.4) is 0 Å². The highest BCUT2D eigenvalue weighted by atomic mass is 16.3. The molecule has 1 aromatic heterocycles. The summed E-state index contributed by atoms with van der Waals surface area (Å²) in [7, 11) is 2.81. The van der Waals surface area contributed by atoms with Crippen molar-refractivity contribution < 1.29 is 9.90 Å². The molecule has 1 aromatic carbocycles. The van der Waals surface area contributed by atoms with Gasteiger partial charge in [-0.15, -0.1) is 0 Å². The number of amides is 1. The van der Waals surface area contributed by atoms with Crippen LogP contribution >= 0.6 is 0 Å². The van der Waals surface area contributed by atoms with Crippen molar-refractivity contribution in [2.75, 3.05) is 13.2 Å². The molecular weight excluding hydrogens is 298 g/mol. The number of rotatable bonds is 5. The number of hydrogen-bond acceptors (Lipinski definition) is 4. The van der Waals surface area contributed by atoms with E-state index in [0.29, 0.717) is 0 Å². The van der Waals surface area contributed by atoms with Gasteiger partial charge in [-0.25, -0.2) is 4.79 Å². The summed E-state index contributed by atoms with van der Waals surface area (Å²) in [5.74, 6) is -0.515. The van der Waals surface area contributed by atoms with Crippen molar-refractivity contribution in [1.29, 1.82) is 0 Å². The Morgan fingerprint density at radius 2 is 1.83 bits per heavy atom. The normalized spacial score (nSPS) is 10.6. The average Bonchev–Trinajstić information content (AvgIpc) is 2.56. The van der Waals surface area contributed by atoms with E-state index in [1.807, 2.05) is 30.3 Å². The lowest BCUT2D eigenvalue weighted by Crippen LogP contribution is -2.43. The van der Waals surface area contributed by atoms with Crippen LogP contribution in [-0.4, -0.2) is 38.2 Å². The molecule has 1 amide bonds. The third kappa shape index (κ3) is 3.57. The van der Waals surface area contributed by atoms with Gasteiger partial charge in [-0.1, -0.05) is 30.3 Å². The summed E-state index contributed by atoms with van der Waals surface area (Å²) in [6.45, 7) is 0.149. The SMILES string of the molecule is Cn1cc(C(=O)N(CCO)Cc2ccccc2)c(=O)n(C)c1=O. The fraction of sp³-hybridized carbons (Fsp3) is 0.312. The molecule has 0 saturated heterocycles. The first kappa shape index (κ1) is 16.7. The van der Waals surface area contributed by atoms with Gasteiger partial charge in [0.05, 0.1) is 6.61 Å². The van der Waals surface area contributed by atoms with E-state index in [0.717, 1.165) is 10.1 Å². The van der Waals surface area contributed by atoms with Crippen molar-refractivity contribution in [2.45, 2.75) is 6.54 Å². The van der Waals surface area contributed by atoms with E-state index in [9.17, 15) is 19.5 Å². The monoisotopic (exact) mass is 317 g/mol. The second kappa shape index (κ2) is 7.06. The van der Waals surface area contributed by atoms with E-state index >= 15 is 0 Å². The van der Waals surface area contributed by atoms with Crippen molar-refractivity contribution in [3.63, 3.8) is 0 Å². The molecule has 7 heteroatoms. The first-order valence-electron chi connectivity index (χ1n) is 7.16. The maximum atomic E-state index is 12.7. The molecule has 2 aromatic rings. The molecule has 0 bridgehead atoms. The number of aliphatic hydroxyl groups is 1. The lowest BCUT2D eigenvalue weighted by atomic mass is 10.2. The highest BCUT2D eigenvalue weighted by Crippen LogP contribution is 2.07. The molecule has 1 heterocycles. The fourth-order valence-electron chi connectivity index (χ4n) is 2.30. The van der Waals surface area contributed by atoms with Crippen LogP contribution < -0.4 is 11.2 Å². The molecule has 7 nitrogen and oxygen atoms in total. The average molecular weight is 317 g/mol. The Balaban J connectivity index is 2.39. The minimum atomic E-state index is -0.644. The van der Waals surface area contributed by atoms with Gasteiger partial charge in [-0.05, 0) is 5.56 Å². The van der Waals surface area contributed by atoms with Crippen molar-refractivity contribution in [2.24, 2.45) is 14.1 Å².